The Morgan fingerprint density at radius 3 is 2.32 bits per heavy atom. The van der Waals surface area contributed by atoms with Gasteiger partial charge in [-0.2, -0.15) is 15.8 Å². The fraction of sp³-hybridized carbons (Fsp3) is 0.0769. The molecule has 1 rings (SSSR count). The van der Waals surface area contributed by atoms with Gasteiger partial charge in [0.1, 0.15) is 23.9 Å². The van der Waals surface area contributed by atoms with Gasteiger partial charge in [-0.15, -0.1) is 0 Å². The molecule has 0 amide bonds. The van der Waals surface area contributed by atoms with Crippen molar-refractivity contribution in [2.45, 2.75) is 6.92 Å². The summed E-state index contributed by atoms with van der Waals surface area (Å²) in [6, 6.07) is 9.33. The minimum atomic E-state index is -1.17. The van der Waals surface area contributed by atoms with Crippen molar-refractivity contribution in [3.63, 3.8) is 0 Å². The third-order valence-electron chi connectivity index (χ3n) is 2.25. The van der Waals surface area contributed by atoms with Crippen molar-refractivity contribution in [1.82, 2.24) is 0 Å². The molecule has 0 saturated heterocycles. The van der Waals surface area contributed by atoms with E-state index in [1.54, 1.807) is 31.2 Å². The van der Waals surface area contributed by atoms with Crippen LogP contribution in [-0.2, 0) is 0 Å². The van der Waals surface area contributed by atoms with Gasteiger partial charge in [-0.25, -0.2) is 4.79 Å². The van der Waals surface area contributed by atoms with Gasteiger partial charge < -0.3 is 10.4 Å². The maximum Gasteiger partial charge on any atom is 0.337 e. The Hall–Kier alpha value is -3.30. The highest BCUT2D eigenvalue weighted by Gasteiger charge is 2.13. The van der Waals surface area contributed by atoms with Crippen LogP contribution in [0.1, 0.15) is 15.9 Å². The van der Waals surface area contributed by atoms with Crippen LogP contribution in [0.2, 0.25) is 0 Å². The normalized spacial score (nSPS) is 8.53. The molecule has 0 heterocycles. The maximum atomic E-state index is 11.0. The fourth-order valence-electron chi connectivity index (χ4n) is 1.37. The highest BCUT2D eigenvalue weighted by Crippen LogP contribution is 2.20. The highest BCUT2D eigenvalue weighted by molar-refractivity contribution is 5.95. The lowest BCUT2D eigenvalue weighted by molar-refractivity contribution is 0.0698. The van der Waals surface area contributed by atoms with Crippen molar-refractivity contribution in [2.24, 2.45) is 0 Å². The number of rotatable bonds is 3. The van der Waals surface area contributed by atoms with Crippen LogP contribution in [0.5, 0.6) is 0 Å². The number of carboxylic acids is 1. The molecule has 0 radical (unpaired) electrons. The molecule has 1 aromatic carbocycles. The molecule has 92 valence electrons. The van der Waals surface area contributed by atoms with E-state index < -0.39 is 11.5 Å². The first-order valence-electron chi connectivity index (χ1n) is 5.09. The largest absolute Gasteiger partial charge is 0.478 e. The zero-order chi connectivity index (χ0) is 14.4. The van der Waals surface area contributed by atoms with Crippen molar-refractivity contribution in [3.8, 4) is 18.2 Å². The van der Waals surface area contributed by atoms with Crippen molar-refractivity contribution in [1.29, 1.82) is 15.8 Å². The number of aromatic carboxylic acids is 1. The van der Waals surface area contributed by atoms with E-state index in [0.29, 0.717) is 0 Å². The summed E-state index contributed by atoms with van der Waals surface area (Å²) in [5, 5.41) is 37.8. The predicted molar refractivity (Wildman–Crippen MR) is 65.6 cm³/mol. The third kappa shape index (κ3) is 3.09. The maximum absolute atomic E-state index is 11.0. The molecular weight excluding hydrogens is 244 g/mol. The molecule has 6 nitrogen and oxygen atoms in total. The van der Waals surface area contributed by atoms with Crippen LogP contribution in [0.3, 0.4) is 0 Å². The topological polar surface area (TPSA) is 121 Å². The molecule has 0 aliphatic rings. The van der Waals surface area contributed by atoms with Crippen LogP contribution in [0, 0.1) is 40.9 Å². The van der Waals surface area contributed by atoms with E-state index in [1.807, 2.05) is 0 Å². The van der Waals surface area contributed by atoms with Crippen LogP contribution in [-0.4, -0.2) is 11.1 Å². The number of nitrogens with one attached hydrogen (secondary N) is 1. The summed E-state index contributed by atoms with van der Waals surface area (Å²) in [7, 11) is 0. The Kier molecular flexibility index (Phi) is 4.24. The lowest BCUT2D eigenvalue weighted by Gasteiger charge is -2.09. The average molecular weight is 252 g/mol. The first-order valence-corrected chi connectivity index (χ1v) is 5.09. The summed E-state index contributed by atoms with van der Waals surface area (Å²) in [4.78, 5) is 11.0. The number of carbonyl (C=O) groups is 1. The molecule has 2 N–H and O–H groups in total. The predicted octanol–water partition coefficient (Wildman–Crippen LogP) is 1.93. The number of hydrogen-bond acceptors (Lipinski definition) is 5. The fourth-order valence-corrected chi connectivity index (χ4v) is 1.37. The molecule has 0 atom stereocenters. The number of benzene rings is 1. The van der Waals surface area contributed by atoms with E-state index in [4.69, 9.17) is 20.9 Å². The minimum absolute atomic E-state index is 0.0476. The quantitative estimate of drug-likeness (QED) is 0.793. The number of allylic oxidation sites excluding steroid dienone is 2. The molecule has 19 heavy (non-hydrogen) atoms. The van der Waals surface area contributed by atoms with Crippen LogP contribution >= 0.6 is 0 Å². The SMILES string of the molecule is Cc1ccc(C(=O)O)c(NC(C#N)=C(C#N)C#N)c1. The average Bonchev–Trinajstić information content (AvgIpc) is 2.38. The van der Waals surface area contributed by atoms with Crippen LogP contribution in [0.4, 0.5) is 5.69 Å². The standard InChI is InChI=1S/C13H8N4O2/c1-8-2-3-10(13(18)19)11(4-8)17-12(7-16)9(5-14)6-15/h2-4,17H,1H3,(H,18,19). The van der Waals surface area contributed by atoms with Gasteiger partial charge in [0, 0.05) is 0 Å². The van der Waals surface area contributed by atoms with E-state index in [-0.39, 0.29) is 16.9 Å². The molecule has 0 bridgehead atoms. The summed E-state index contributed by atoms with van der Waals surface area (Å²) in [5.41, 5.74) is 0.208. The Morgan fingerprint density at radius 1 is 1.21 bits per heavy atom. The zero-order valence-corrected chi connectivity index (χ0v) is 9.93. The molecule has 0 aliphatic heterocycles. The number of nitrogens with zero attached hydrogens (tertiary/aromatic N) is 3. The number of anilines is 1. The second kappa shape index (κ2) is 5.86. The van der Waals surface area contributed by atoms with Gasteiger partial charge in [-0.3, -0.25) is 0 Å². The van der Waals surface area contributed by atoms with Crippen LogP contribution in [0.15, 0.2) is 29.5 Å². The van der Waals surface area contributed by atoms with Crippen molar-refractivity contribution >= 4 is 11.7 Å². The molecule has 0 spiro atoms. The van der Waals surface area contributed by atoms with Crippen LogP contribution < -0.4 is 5.32 Å². The van der Waals surface area contributed by atoms with E-state index in [2.05, 4.69) is 5.32 Å². The first kappa shape index (κ1) is 13.8. The lowest BCUT2D eigenvalue weighted by Crippen LogP contribution is -2.07. The Balaban J connectivity index is 3.35. The summed E-state index contributed by atoms with van der Waals surface area (Å²) < 4.78 is 0. The number of carboxylic acid groups (broad SMARTS) is 1. The van der Waals surface area contributed by atoms with Crippen LogP contribution in [0.25, 0.3) is 0 Å². The monoisotopic (exact) mass is 252 g/mol. The van der Waals surface area contributed by atoms with E-state index >= 15 is 0 Å². The molecule has 6 heteroatoms. The second-order valence-corrected chi connectivity index (χ2v) is 3.56. The van der Waals surface area contributed by atoms with E-state index in [0.717, 1.165) is 5.56 Å². The molecule has 0 saturated carbocycles. The Labute approximate surface area is 109 Å². The van der Waals surface area contributed by atoms with Gasteiger partial charge in [-0.1, -0.05) is 6.07 Å². The van der Waals surface area contributed by atoms with Crippen molar-refractivity contribution in [2.75, 3.05) is 5.32 Å². The summed E-state index contributed by atoms with van der Waals surface area (Å²) in [5.74, 6) is -1.17. The minimum Gasteiger partial charge on any atom is -0.478 e. The third-order valence-corrected chi connectivity index (χ3v) is 2.25. The first-order chi connectivity index (χ1) is 9.03. The number of nitriles is 3. The Bertz CT molecular complexity index is 668. The smallest absolute Gasteiger partial charge is 0.337 e. The number of aryl methyl sites for hydroxylation is 1. The van der Waals surface area contributed by atoms with Gasteiger partial charge in [-0.05, 0) is 24.6 Å². The summed E-state index contributed by atoms with van der Waals surface area (Å²) >= 11 is 0. The molecule has 1 aromatic rings. The van der Waals surface area contributed by atoms with Gasteiger partial charge in [0.05, 0.1) is 11.3 Å². The highest BCUT2D eigenvalue weighted by atomic mass is 16.4. The molecule has 0 fully saturated rings. The molecule has 0 aliphatic carbocycles. The van der Waals surface area contributed by atoms with Crippen molar-refractivity contribution < 1.29 is 9.90 Å². The van der Waals surface area contributed by atoms with E-state index in [9.17, 15) is 4.79 Å². The molecule has 0 unspecified atom stereocenters. The van der Waals surface area contributed by atoms with Crippen molar-refractivity contribution in [3.05, 3.63) is 40.6 Å². The van der Waals surface area contributed by atoms with Gasteiger partial charge in [0.15, 0.2) is 5.57 Å². The Morgan fingerprint density at radius 2 is 1.84 bits per heavy atom. The summed E-state index contributed by atoms with van der Waals surface area (Å²) in [6.45, 7) is 1.75. The van der Waals surface area contributed by atoms with E-state index in [1.165, 1.54) is 12.1 Å². The molecule has 0 aromatic heterocycles. The molecular formula is C13H8N4O2. The van der Waals surface area contributed by atoms with Gasteiger partial charge >= 0.3 is 5.97 Å². The zero-order valence-electron chi connectivity index (χ0n) is 9.93. The van der Waals surface area contributed by atoms with Gasteiger partial charge in [0.25, 0.3) is 0 Å². The number of hydrogen-bond donors (Lipinski definition) is 2. The van der Waals surface area contributed by atoms with Gasteiger partial charge in [0.2, 0.25) is 0 Å². The second-order valence-electron chi connectivity index (χ2n) is 3.56. The summed E-state index contributed by atoms with van der Waals surface area (Å²) in [6.07, 6.45) is 0. The lowest BCUT2D eigenvalue weighted by atomic mass is 10.1.